The van der Waals surface area contributed by atoms with Gasteiger partial charge in [0.2, 0.25) is 11.8 Å². The number of fused-ring (bicyclic) bond motifs is 1. The Morgan fingerprint density at radius 3 is 2.46 bits per heavy atom. The van der Waals surface area contributed by atoms with Crippen LogP contribution in [0.1, 0.15) is 25.3 Å². The van der Waals surface area contributed by atoms with Crippen molar-refractivity contribution < 1.29 is 9.59 Å². The molecule has 0 spiro atoms. The van der Waals surface area contributed by atoms with Crippen molar-refractivity contribution in [2.24, 2.45) is 0 Å². The highest BCUT2D eigenvalue weighted by atomic mass is 16.2. The molecule has 0 aliphatic heterocycles. The van der Waals surface area contributed by atoms with Gasteiger partial charge < -0.3 is 10.6 Å². The van der Waals surface area contributed by atoms with Crippen LogP contribution in [0.3, 0.4) is 0 Å². The molecule has 2 amide bonds. The third-order valence-corrected chi connectivity index (χ3v) is 4.23. The average Bonchev–Trinajstić information content (AvgIpc) is 2.69. The topological polar surface area (TPSA) is 106 Å². The molecular formula is C20H21N5O3. The highest BCUT2D eigenvalue weighted by Gasteiger charge is 2.11. The minimum atomic E-state index is -0.503. The van der Waals surface area contributed by atoms with E-state index in [4.69, 9.17) is 0 Å². The van der Waals surface area contributed by atoms with Gasteiger partial charge in [0.15, 0.2) is 0 Å². The molecule has 0 aliphatic rings. The van der Waals surface area contributed by atoms with Gasteiger partial charge in [-0.15, -0.1) is 5.10 Å². The van der Waals surface area contributed by atoms with Crippen LogP contribution in [-0.4, -0.2) is 33.4 Å². The van der Waals surface area contributed by atoms with Crippen molar-refractivity contribution in [2.45, 2.75) is 26.3 Å². The number of carbonyl (C=O) groups is 2. The number of rotatable bonds is 6. The molecule has 0 unspecified atom stereocenters. The van der Waals surface area contributed by atoms with E-state index in [0.29, 0.717) is 22.5 Å². The van der Waals surface area contributed by atoms with Gasteiger partial charge in [0.1, 0.15) is 12.1 Å². The second kappa shape index (κ2) is 8.43. The van der Waals surface area contributed by atoms with Gasteiger partial charge in [0.25, 0.3) is 5.56 Å². The molecule has 8 nitrogen and oxygen atoms in total. The Labute approximate surface area is 161 Å². The van der Waals surface area contributed by atoms with Crippen LogP contribution in [0.15, 0.2) is 53.3 Å². The predicted molar refractivity (Wildman–Crippen MR) is 106 cm³/mol. The van der Waals surface area contributed by atoms with Crippen molar-refractivity contribution in [1.29, 1.82) is 0 Å². The van der Waals surface area contributed by atoms with E-state index < -0.39 is 11.5 Å². The zero-order chi connectivity index (χ0) is 20.1. The molecule has 0 saturated heterocycles. The monoisotopic (exact) mass is 379 g/mol. The van der Waals surface area contributed by atoms with Crippen LogP contribution < -0.4 is 16.2 Å². The fourth-order valence-corrected chi connectivity index (χ4v) is 2.65. The fourth-order valence-electron chi connectivity index (χ4n) is 2.65. The Bertz CT molecular complexity index is 1060. The van der Waals surface area contributed by atoms with Crippen LogP contribution in [0.5, 0.6) is 0 Å². The fraction of sp³-hybridized carbons (Fsp3) is 0.250. The molecule has 2 N–H and O–H groups in total. The van der Waals surface area contributed by atoms with Crippen molar-refractivity contribution in [3.63, 3.8) is 0 Å². The van der Waals surface area contributed by atoms with Gasteiger partial charge in [0.05, 0.1) is 11.9 Å². The molecule has 0 radical (unpaired) electrons. The lowest BCUT2D eigenvalue weighted by Gasteiger charge is -2.09. The molecule has 8 heteroatoms. The minimum absolute atomic E-state index is 0.208. The van der Waals surface area contributed by atoms with Gasteiger partial charge in [-0.1, -0.05) is 43.3 Å². The maximum atomic E-state index is 12.3. The number of carbonyl (C=O) groups excluding carboxylic acids is 2. The van der Waals surface area contributed by atoms with E-state index in [1.165, 1.54) is 5.56 Å². The minimum Gasteiger partial charge on any atom is -0.345 e. The Morgan fingerprint density at radius 1 is 1.04 bits per heavy atom. The summed E-state index contributed by atoms with van der Waals surface area (Å²) in [4.78, 5) is 36.4. The molecule has 3 aromatic rings. The Morgan fingerprint density at radius 2 is 1.75 bits per heavy atom. The van der Waals surface area contributed by atoms with Crippen molar-refractivity contribution in [3.05, 3.63) is 64.4 Å². The second-order valence-electron chi connectivity index (χ2n) is 6.67. The van der Waals surface area contributed by atoms with Gasteiger partial charge in [-0.25, -0.2) is 4.68 Å². The smallest absolute Gasteiger partial charge is 0.278 e. The Balaban J connectivity index is 1.55. The number of aromatic nitrogens is 3. The first-order valence-electron chi connectivity index (χ1n) is 8.93. The van der Waals surface area contributed by atoms with E-state index >= 15 is 0 Å². The van der Waals surface area contributed by atoms with E-state index in [1.807, 2.05) is 24.3 Å². The molecule has 2 aromatic carbocycles. The molecule has 1 heterocycles. The van der Waals surface area contributed by atoms with Crippen LogP contribution in [0.2, 0.25) is 0 Å². The zero-order valence-electron chi connectivity index (χ0n) is 15.7. The van der Waals surface area contributed by atoms with E-state index in [1.54, 1.807) is 24.3 Å². The molecular weight excluding hydrogens is 358 g/mol. The summed E-state index contributed by atoms with van der Waals surface area (Å²) in [6.07, 6.45) is 0. The number of nitrogens with zero attached hydrogens (tertiary/aromatic N) is 3. The number of hydrogen-bond donors (Lipinski definition) is 2. The third-order valence-electron chi connectivity index (χ3n) is 4.23. The first-order valence-corrected chi connectivity index (χ1v) is 8.93. The Hall–Kier alpha value is -3.55. The average molecular weight is 379 g/mol. The summed E-state index contributed by atoms with van der Waals surface area (Å²) in [5.74, 6) is -0.453. The normalized spacial score (nSPS) is 10.8. The molecule has 1 aromatic heterocycles. The number of hydrogen-bond acceptors (Lipinski definition) is 5. The van der Waals surface area contributed by atoms with Crippen LogP contribution in [0.4, 0.5) is 5.69 Å². The number of amides is 2. The zero-order valence-corrected chi connectivity index (χ0v) is 15.7. The van der Waals surface area contributed by atoms with Gasteiger partial charge in [-0.05, 0) is 35.7 Å². The lowest BCUT2D eigenvalue weighted by atomic mass is 10.0. The second-order valence-corrected chi connectivity index (χ2v) is 6.67. The third kappa shape index (κ3) is 4.59. The van der Waals surface area contributed by atoms with Crippen molar-refractivity contribution in [1.82, 2.24) is 20.3 Å². The van der Waals surface area contributed by atoms with Crippen molar-refractivity contribution in [2.75, 3.05) is 11.9 Å². The SMILES string of the molecule is CC(C)c1ccc(NC(=O)CNC(=O)Cn2nnc3ccccc3c2=O)cc1. The molecule has 0 bridgehead atoms. The molecule has 28 heavy (non-hydrogen) atoms. The molecule has 0 saturated carbocycles. The molecule has 144 valence electrons. The Kier molecular flexibility index (Phi) is 5.78. The highest BCUT2D eigenvalue weighted by Crippen LogP contribution is 2.16. The first-order chi connectivity index (χ1) is 13.4. The summed E-state index contributed by atoms with van der Waals surface area (Å²) >= 11 is 0. The van der Waals surface area contributed by atoms with Gasteiger partial charge in [-0.2, -0.15) is 0 Å². The van der Waals surface area contributed by atoms with E-state index in [2.05, 4.69) is 34.8 Å². The predicted octanol–water partition coefficient (Wildman–Crippen LogP) is 1.67. The lowest BCUT2D eigenvalue weighted by molar-refractivity contribution is -0.124. The number of nitrogens with one attached hydrogen (secondary N) is 2. The summed E-state index contributed by atoms with van der Waals surface area (Å²) in [5, 5.41) is 13.2. The summed E-state index contributed by atoms with van der Waals surface area (Å²) in [5.41, 5.74) is 1.89. The molecule has 0 fully saturated rings. The van der Waals surface area contributed by atoms with Gasteiger partial charge in [0, 0.05) is 5.69 Å². The van der Waals surface area contributed by atoms with Gasteiger partial charge in [-0.3, -0.25) is 14.4 Å². The van der Waals surface area contributed by atoms with Crippen molar-refractivity contribution in [3.8, 4) is 0 Å². The van der Waals surface area contributed by atoms with E-state index in [-0.39, 0.29) is 19.0 Å². The maximum Gasteiger partial charge on any atom is 0.278 e. The van der Waals surface area contributed by atoms with E-state index in [9.17, 15) is 14.4 Å². The maximum absolute atomic E-state index is 12.3. The highest BCUT2D eigenvalue weighted by molar-refractivity contribution is 5.94. The van der Waals surface area contributed by atoms with E-state index in [0.717, 1.165) is 4.68 Å². The molecule has 0 aliphatic carbocycles. The first kappa shape index (κ1) is 19.2. The number of anilines is 1. The number of benzene rings is 2. The molecule has 0 atom stereocenters. The van der Waals surface area contributed by atoms with Crippen LogP contribution in [-0.2, 0) is 16.1 Å². The summed E-state index contributed by atoms with van der Waals surface area (Å²) < 4.78 is 0.972. The summed E-state index contributed by atoms with van der Waals surface area (Å²) in [7, 11) is 0. The largest absolute Gasteiger partial charge is 0.345 e. The van der Waals surface area contributed by atoms with Gasteiger partial charge >= 0.3 is 0 Å². The quantitative estimate of drug-likeness (QED) is 0.678. The van der Waals surface area contributed by atoms with Crippen LogP contribution in [0, 0.1) is 0 Å². The lowest BCUT2D eigenvalue weighted by Crippen LogP contribution is -2.38. The summed E-state index contributed by atoms with van der Waals surface area (Å²) in [6, 6.07) is 14.3. The summed E-state index contributed by atoms with van der Waals surface area (Å²) in [6.45, 7) is 3.66. The van der Waals surface area contributed by atoms with Crippen LogP contribution in [0.25, 0.3) is 10.9 Å². The van der Waals surface area contributed by atoms with Crippen molar-refractivity contribution >= 4 is 28.4 Å². The van der Waals surface area contributed by atoms with Crippen LogP contribution >= 0.6 is 0 Å². The standard InChI is InChI=1S/C20H21N5O3/c1-13(2)14-7-9-15(10-8-14)22-18(26)11-21-19(27)12-25-20(28)16-5-3-4-6-17(16)23-24-25/h3-10,13H,11-12H2,1-2H3,(H,21,27)(H,22,26). The molecule has 3 rings (SSSR count).